The van der Waals surface area contributed by atoms with Crippen LogP contribution < -0.4 is 21.3 Å². The van der Waals surface area contributed by atoms with Crippen LogP contribution in [0.2, 0.25) is 0 Å². The van der Waals surface area contributed by atoms with Crippen LogP contribution in [0.15, 0.2) is 42.5 Å². The first kappa shape index (κ1) is 43.1. The lowest BCUT2D eigenvalue weighted by Gasteiger charge is -2.40. The van der Waals surface area contributed by atoms with E-state index >= 15 is 0 Å². The number of aliphatic hydroxyl groups is 1. The summed E-state index contributed by atoms with van der Waals surface area (Å²) < 4.78 is 34.7. The SMILES string of the molecule is Cc1ccc(NC(=O)N[C@@H](Cc2cc(F)cc(F)c2)C(=O)N[C@H]2COCC3(C=O)C[C@@H](C)CN3C(=O)[C@H](C)NC(=O)C3CCCCN3C(=O)[C@@H]3C[C@@H](O)CN3C2=O)cc1. The van der Waals surface area contributed by atoms with Gasteiger partial charge in [-0.2, -0.15) is 0 Å². The van der Waals surface area contributed by atoms with Gasteiger partial charge < -0.3 is 50.6 Å². The van der Waals surface area contributed by atoms with E-state index in [0.29, 0.717) is 30.9 Å². The minimum atomic E-state index is -1.60. The highest BCUT2D eigenvalue weighted by atomic mass is 19.1. The molecule has 8 atom stereocenters. The van der Waals surface area contributed by atoms with Crippen molar-refractivity contribution in [2.45, 2.75) is 101 Å². The first-order valence-electron chi connectivity index (χ1n) is 19.9. The van der Waals surface area contributed by atoms with E-state index in [9.17, 15) is 47.4 Å². The van der Waals surface area contributed by atoms with Gasteiger partial charge in [0, 0.05) is 44.2 Å². The van der Waals surface area contributed by atoms with E-state index in [1.54, 1.807) is 24.3 Å². The van der Waals surface area contributed by atoms with Crippen molar-refractivity contribution in [2.24, 2.45) is 5.92 Å². The number of amides is 7. The fourth-order valence-electron chi connectivity index (χ4n) is 8.56. The number of urea groups is 1. The fraction of sp³-hybridized carbons (Fsp3) is 0.537. The Balaban J connectivity index is 1.34. The summed E-state index contributed by atoms with van der Waals surface area (Å²) in [5, 5.41) is 21.3. The summed E-state index contributed by atoms with van der Waals surface area (Å²) in [5.74, 6) is -5.53. The summed E-state index contributed by atoms with van der Waals surface area (Å²) in [6.45, 7) is 4.26. The number of nitrogens with zero attached hydrogens (tertiary/aromatic N) is 3. The number of halogens is 2. The summed E-state index contributed by atoms with van der Waals surface area (Å²) in [7, 11) is 0. The van der Waals surface area contributed by atoms with Crippen molar-refractivity contribution in [1.29, 1.82) is 0 Å². The summed E-state index contributed by atoms with van der Waals surface area (Å²) in [6, 6.07) is 2.14. The number of carbonyl (C=O) groups is 7. The molecular formula is C41H51F2N7O9. The number of hydrogen-bond donors (Lipinski definition) is 5. The van der Waals surface area contributed by atoms with Gasteiger partial charge in [-0.05, 0) is 75.3 Å². The van der Waals surface area contributed by atoms with Gasteiger partial charge in [0.15, 0.2) is 0 Å². The predicted octanol–water partition coefficient (Wildman–Crippen LogP) is 1.17. The van der Waals surface area contributed by atoms with E-state index in [-0.39, 0.29) is 50.4 Å². The van der Waals surface area contributed by atoms with Crippen molar-refractivity contribution in [2.75, 3.05) is 38.2 Å². The number of rotatable bonds is 7. The maximum absolute atomic E-state index is 14.6. The van der Waals surface area contributed by atoms with E-state index in [1.807, 2.05) is 13.8 Å². The number of ether oxygens (including phenoxy) is 1. The Morgan fingerprint density at radius 2 is 1.69 bits per heavy atom. The number of hydrogen-bond acceptors (Lipinski definition) is 9. The number of carbonyl (C=O) groups excluding carboxylic acids is 7. The number of fused-ring (bicyclic) bond motifs is 3. The third-order valence-corrected chi connectivity index (χ3v) is 11.4. The van der Waals surface area contributed by atoms with Crippen molar-refractivity contribution >= 4 is 47.5 Å². The lowest BCUT2D eigenvalue weighted by molar-refractivity contribution is -0.153. The van der Waals surface area contributed by atoms with Gasteiger partial charge >= 0.3 is 6.03 Å². The topological polar surface area (TPSA) is 207 Å². The lowest BCUT2D eigenvalue weighted by Crippen LogP contribution is -2.63. The Labute approximate surface area is 340 Å². The normalized spacial score (nSPS) is 28.5. The second-order valence-corrected chi connectivity index (χ2v) is 16.2. The average molecular weight is 824 g/mol. The van der Waals surface area contributed by atoms with Gasteiger partial charge in [-0.1, -0.05) is 24.6 Å². The van der Waals surface area contributed by atoms with Crippen LogP contribution in [0, 0.1) is 24.5 Å². The first-order chi connectivity index (χ1) is 28.1. The Kier molecular flexibility index (Phi) is 13.3. The number of aryl methyl sites for hydroxylation is 1. The van der Waals surface area contributed by atoms with Crippen molar-refractivity contribution in [3.63, 3.8) is 0 Å². The molecule has 4 fully saturated rings. The molecule has 0 spiro atoms. The van der Waals surface area contributed by atoms with Gasteiger partial charge in [0.2, 0.25) is 29.5 Å². The quantitative estimate of drug-likeness (QED) is 0.254. The molecule has 0 saturated carbocycles. The van der Waals surface area contributed by atoms with E-state index in [2.05, 4.69) is 21.3 Å². The first-order valence-corrected chi connectivity index (χ1v) is 19.9. The second kappa shape index (κ2) is 18.2. The standard InChI is InChI=1S/C41H51F2N7O9/c1-23-7-9-29(10-8-23)45-40(58)47-31(14-26-12-27(42)15-28(43)13-26)35(53)46-32-20-59-22-41(21-51)17-24(2)18-50(41)37(55)25(3)44-36(54)33-6-4-5-11-48(33)39(57)34-16-30(52)19-49(34)38(32)56/h7-10,12-13,15,21,24-25,30-34,52H,4-6,11,14,16-20,22H2,1-3H3,(H,44,54)(H,46,53)(H2,45,47,58)/t24-,25+,30-,31+,32+,33?,34+,41?/m1/s1. The van der Waals surface area contributed by atoms with E-state index < -0.39 is 109 Å². The molecule has 0 bridgehead atoms. The summed E-state index contributed by atoms with van der Waals surface area (Å²) in [6.07, 6.45) is 0.532. The minimum absolute atomic E-state index is 0.00886. The summed E-state index contributed by atoms with van der Waals surface area (Å²) in [4.78, 5) is 101. The van der Waals surface area contributed by atoms with Crippen LogP contribution in [-0.4, -0.2) is 136 Å². The summed E-state index contributed by atoms with van der Waals surface area (Å²) in [5.41, 5.74) is -0.180. The molecule has 59 heavy (non-hydrogen) atoms. The fourth-order valence-corrected chi connectivity index (χ4v) is 8.56. The molecule has 5 N–H and O–H groups in total. The predicted molar refractivity (Wildman–Crippen MR) is 207 cm³/mol. The molecule has 18 heteroatoms. The third kappa shape index (κ3) is 9.87. The smallest absolute Gasteiger partial charge is 0.319 e. The average Bonchev–Trinajstić information content (AvgIpc) is 3.75. The van der Waals surface area contributed by atoms with Gasteiger partial charge in [-0.25, -0.2) is 13.6 Å². The summed E-state index contributed by atoms with van der Waals surface area (Å²) >= 11 is 0. The third-order valence-electron chi connectivity index (χ3n) is 11.4. The maximum atomic E-state index is 14.6. The number of piperidine rings is 1. The highest BCUT2D eigenvalue weighted by Crippen LogP contribution is 2.33. The molecule has 2 unspecified atom stereocenters. The Bertz CT molecular complexity index is 1930. The van der Waals surface area contributed by atoms with E-state index in [0.717, 1.165) is 22.6 Å². The van der Waals surface area contributed by atoms with E-state index in [1.165, 1.54) is 16.7 Å². The van der Waals surface area contributed by atoms with Gasteiger partial charge in [-0.3, -0.25) is 24.0 Å². The Morgan fingerprint density at radius 1 is 0.983 bits per heavy atom. The molecular weight excluding hydrogens is 772 g/mol. The molecule has 4 aliphatic heterocycles. The monoisotopic (exact) mass is 823 g/mol. The zero-order valence-corrected chi connectivity index (χ0v) is 33.2. The maximum Gasteiger partial charge on any atom is 0.319 e. The highest BCUT2D eigenvalue weighted by Gasteiger charge is 2.50. The number of aldehydes is 1. The molecule has 4 heterocycles. The molecule has 2 aromatic carbocycles. The molecule has 4 aliphatic rings. The zero-order chi connectivity index (χ0) is 42.6. The van der Waals surface area contributed by atoms with Crippen molar-refractivity contribution in [3.8, 4) is 0 Å². The van der Waals surface area contributed by atoms with Crippen LogP contribution >= 0.6 is 0 Å². The molecule has 16 nitrogen and oxygen atoms in total. The highest BCUT2D eigenvalue weighted by molar-refractivity contribution is 5.98. The van der Waals surface area contributed by atoms with Gasteiger partial charge in [0.25, 0.3) is 0 Å². The number of benzene rings is 2. The Hall–Kier alpha value is -5.49. The molecule has 7 amide bonds. The van der Waals surface area contributed by atoms with Crippen LogP contribution in [0.5, 0.6) is 0 Å². The molecule has 2 aromatic rings. The minimum Gasteiger partial charge on any atom is -0.391 e. The van der Waals surface area contributed by atoms with Gasteiger partial charge in [0.1, 0.15) is 53.7 Å². The van der Waals surface area contributed by atoms with Crippen molar-refractivity contribution in [1.82, 2.24) is 30.7 Å². The van der Waals surface area contributed by atoms with Crippen molar-refractivity contribution in [3.05, 3.63) is 65.2 Å². The lowest BCUT2D eigenvalue weighted by atomic mass is 9.95. The zero-order valence-electron chi connectivity index (χ0n) is 33.2. The molecule has 0 aliphatic carbocycles. The van der Waals surface area contributed by atoms with Crippen molar-refractivity contribution < 1.29 is 52.2 Å². The van der Waals surface area contributed by atoms with Gasteiger partial charge in [0.05, 0.1) is 19.3 Å². The largest absolute Gasteiger partial charge is 0.391 e. The Morgan fingerprint density at radius 3 is 2.39 bits per heavy atom. The van der Waals surface area contributed by atoms with Gasteiger partial charge in [-0.15, -0.1) is 0 Å². The van der Waals surface area contributed by atoms with Crippen LogP contribution in [0.1, 0.15) is 57.1 Å². The molecule has 318 valence electrons. The van der Waals surface area contributed by atoms with Crippen LogP contribution in [0.3, 0.4) is 0 Å². The van der Waals surface area contributed by atoms with Crippen LogP contribution in [0.4, 0.5) is 19.3 Å². The molecule has 0 aromatic heterocycles. The molecule has 4 saturated heterocycles. The van der Waals surface area contributed by atoms with Crippen LogP contribution in [0.25, 0.3) is 0 Å². The van der Waals surface area contributed by atoms with E-state index in [4.69, 9.17) is 4.74 Å². The molecule has 6 rings (SSSR count). The number of anilines is 1. The molecule has 0 radical (unpaired) electrons. The second-order valence-electron chi connectivity index (χ2n) is 16.2. The number of aliphatic hydroxyl groups excluding tert-OH is 1. The van der Waals surface area contributed by atoms with Crippen LogP contribution in [-0.2, 0) is 39.9 Å². The number of nitrogens with one attached hydrogen (secondary N) is 4.